The maximum atomic E-state index is 13.8. The van der Waals surface area contributed by atoms with Crippen molar-refractivity contribution in [2.45, 2.75) is 84.3 Å². The van der Waals surface area contributed by atoms with Gasteiger partial charge in [0.05, 0.1) is 6.42 Å². The van der Waals surface area contributed by atoms with Gasteiger partial charge in [0.2, 0.25) is 0 Å². The van der Waals surface area contributed by atoms with Crippen molar-refractivity contribution in [1.82, 2.24) is 0 Å². The molecule has 5 nitrogen and oxygen atoms in total. The van der Waals surface area contributed by atoms with Gasteiger partial charge in [-0.2, -0.15) is 0 Å². The highest BCUT2D eigenvalue weighted by atomic mass is 19.1. The molecule has 4 rings (SSSR count). The summed E-state index contributed by atoms with van der Waals surface area (Å²) in [5.41, 5.74) is 3.94. The molecule has 0 saturated carbocycles. The van der Waals surface area contributed by atoms with E-state index in [-0.39, 0.29) is 41.1 Å². The van der Waals surface area contributed by atoms with E-state index in [2.05, 4.69) is 26.5 Å². The highest BCUT2D eigenvalue weighted by Crippen LogP contribution is 2.52. The van der Waals surface area contributed by atoms with Crippen molar-refractivity contribution in [1.29, 1.82) is 0 Å². The summed E-state index contributed by atoms with van der Waals surface area (Å²) in [6.07, 6.45) is 7.01. The van der Waals surface area contributed by atoms with Gasteiger partial charge in [-0.15, -0.1) is 0 Å². The first-order chi connectivity index (χ1) is 18.1. The number of hydrogen-bond acceptors (Lipinski definition) is 5. The molecule has 0 fully saturated rings. The molecule has 0 amide bonds. The summed E-state index contributed by atoms with van der Waals surface area (Å²) >= 11 is 0. The molecule has 38 heavy (non-hydrogen) atoms. The Morgan fingerprint density at radius 1 is 1.18 bits per heavy atom. The first-order valence-corrected chi connectivity index (χ1v) is 13.5. The van der Waals surface area contributed by atoms with Crippen LogP contribution in [0.3, 0.4) is 0 Å². The van der Waals surface area contributed by atoms with E-state index in [1.165, 1.54) is 36.8 Å². The van der Waals surface area contributed by atoms with Gasteiger partial charge in [0.25, 0.3) is 5.79 Å². The fourth-order valence-electron chi connectivity index (χ4n) is 5.74. The Morgan fingerprint density at radius 3 is 2.53 bits per heavy atom. The minimum Gasteiger partial charge on any atom is -0.507 e. The van der Waals surface area contributed by atoms with Crippen LogP contribution < -0.4 is 4.74 Å². The number of aryl methyl sites for hydroxylation is 1. The number of hydrogen-bond donors (Lipinski definition) is 1. The molecule has 1 aliphatic carbocycles. The average molecular weight is 521 g/mol. The minimum atomic E-state index is -1.78. The largest absolute Gasteiger partial charge is 0.507 e. The van der Waals surface area contributed by atoms with Crippen LogP contribution in [0.25, 0.3) is 0 Å². The Balaban J connectivity index is 1.97. The first-order valence-electron chi connectivity index (χ1n) is 13.5. The summed E-state index contributed by atoms with van der Waals surface area (Å²) in [4.78, 5) is 26.2. The number of Topliss-reactive ketones (excluding diaryl/α,β-unsaturated/α-hetero) is 1. The predicted molar refractivity (Wildman–Crippen MR) is 145 cm³/mol. The quantitative estimate of drug-likeness (QED) is 0.209. The SMILES string of the molecule is C=C(C)C1CCC(C)=CC1c1c(O)cc(CCCCC)c2c1OC(CC(C)=O)(c1ccc(F)cc1)OC2=O. The van der Waals surface area contributed by atoms with Crippen molar-refractivity contribution in [3.63, 3.8) is 0 Å². The van der Waals surface area contributed by atoms with Crippen LogP contribution >= 0.6 is 0 Å². The van der Waals surface area contributed by atoms with E-state index in [0.717, 1.165) is 37.7 Å². The third-order valence-electron chi connectivity index (χ3n) is 7.64. The van der Waals surface area contributed by atoms with Crippen LogP contribution in [0, 0.1) is 11.7 Å². The standard InChI is InChI=1S/C32H37FO5/c1-6-7-8-9-22-17-27(35)29(26-16-20(4)10-15-25(26)19(2)3)30-28(22)31(36)38-32(37-30,18-21(5)34)23-11-13-24(33)14-12-23/h11-14,16-17,25-26,35H,2,6-10,15,18H2,1,3-5H3. The van der Waals surface area contributed by atoms with Crippen molar-refractivity contribution in [2.24, 2.45) is 5.92 Å². The van der Waals surface area contributed by atoms with E-state index >= 15 is 0 Å². The van der Waals surface area contributed by atoms with Gasteiger partial charge in [0.1, 0.15) is 28.7 Å². The van der Waals surface area contributed by atoms with Crippen LogP contribution in [0.2, 0.25) is 0 Å². The Labute approximate surface area is 224 Å². The number of phenols is 1. The number of halogens is 1. The molecule has 0 radical (unpaired) electrons. The second kappa shape index (κ2) is 11.1. The lowest BCUT2D eigenvalue weighted by atomic mass is 9.73. The topological polar surface area (TPSA) is 72.8 Å². The number of allylic oxidation sites excluding steroid dienone is 3. The highest BCUT2D eigenvalue weighted by Gasteiger charge is 2.48. The summed E-state index contributed by atoms with van der Waals surface area (Å²) in [6, 6.07) is 7.07. The molecular formula is C32H37FO5. The molecule has 0 aromatic heterocycles. The van der Waals surface area contributed by atoms with E-state index in [9.17, 15) is 19.1 Å². The normalized spacial score (nSPS) is 22.7. The van der Waals surface area contributed by atoms with E-state index in [0.29, 0.717) is 23.1 Å². The van der Waals surface area contributed by atoms with Crippen LogP contribution in [-0.2, 0) is 21.7 Å². The summed E-state index contributed by atoms with van der Waals surface area (Å²) in [5, 5.41) is 11.5. The molecule has 1 aliphatic heterocycles. The van der Waals surface area contributed by atoms with E-state index in [1.54, 1.807) is 6.07 Å². The summed E-state index contributed by atoms with van der Waals surface area (Å²) < 4.78 is 26.3. The molecule has 0 spiro atoms. The molecule has 3 unspecified atom stereocenters. The number of ether oxygens (including phenoxy) is 2. The number of benzene rings is 2. The van der Waals surface area contributed by atoms with Gasteiger partial charge in [0.15, 0.2) is 0 Å². The van der Waals surface area contributed by atoms with Gasteiger partial charge >= 0.3 is 5.97 Å². The van der Waals surface area contributed by atoms with Crippen molar-refractivity contribution < 1.29 is 28.6 Å². The molecule has 0 bridgehead atoms. The van der Waals surface area contributed by atoms with Crippen molar-refractivity contribution in [2.75, 3.05) is 0 Å². The molecular weight excluding hydrogens is 483 g/mol. The van der Waals surface area contributed by atoms with Gasteiger partial charge in [0, 0.05) is 17.0 Å². The number of carbonyl (C=O) groups excluding carboxylic acids is 2. The smallest absolute Gasteiger partial charge is 0.345 e. The second-order valence-corrected chi connectivity index (χ2v) is 10.8. The second-order valence-electron chi connectivity index (χ2n) is 10.8. The van der Waals surface area contributed by atoms with Crippen LogP contribution in [0.4, 0.5) is 4.39 Å². The van der Waals surface area contributed by atoms with Crippen LogP contribution in [-0.4, -0.2) is 16.9 Å². The van der Waals surface area contributed by atoms with Crippen molar-refractivity contribution in [3.8, 4) is 11.5 Å². The number of phenolic OH excluding ortho intramolecular Hbond substituents is 1. The number of cyclic esters (lactones) is 1. The van der Waals surface area contributed by atoms with Crippen LogP contribution in [0.1, 0.15) is 99.2 Å². The lowest BCUT2D eigenvalue weighted by Gasteiger charge is -2.41. The number of unbranched alkanes of at least 4 members (excludes halogenated alkanes) is 2. The summed E-state index contributed by atoms with van der Waals surface area (Å²) in [5.74, 6) is -3.07. The molecule has 1 heterocycles. The molecule has 6 heteroatoms. The average Bonchev–Trinajstić information content (AvgIpc) is 2.83. The molecule has 0 saturated heterocycles. The van der Waals surface area contributed by atoms with E-state index in [1.807, 2.05) is 6.92 Å². The lowest BCUT2D eigenvalue weighted by molar-refractivity contribution is -0.172. The molecule has 2 aromatic carbocycles. The van der Waals surface area contributed by atoms with Gasteiger partial charge < -0.3 is 14.6 Å². The zero-order valence-electron chi connectivity index (χ0n) is 22.7. The molecule has 202 valence electrons. The monoisotopic (exact) mass is 520 g/mol. The zero-order valence-corrected chi connectivity index (χ0v) is 22.7. The molecule has 2 aliphatic rings. The number of esters is 1. The fraction of sp³-hybridized carbons (Fsp3) is 0.438. The zero-order chi connectivity index (χ0) is 27.6. The van der Waals surface area contributed by atoms with E-state index < -0.39 is 17.6 Å². The Morgan fingerprint density at radius 2 is 1.89 bits per heavy atom. The number of rotatable bonds is 9. The molecule has 1 N–H and O–H groups in total. The van der Waals surface area contributed by atoms with Gasteiger partial charge in [-0.3, -0.25) is 4.79 Å². The first kappa shape index (κ1) is 27.6. The van der Waals surface area contributed by atoms with Crippen LogP contribution in [0.5, 0.6) is 11.5 Å². The molecule has 2 aromatic rings. The predicted octanol–water partition coefficient (Wildman–Crippen LogP) is 7.66. The van der Waals surface area contributed by atoms with Crippen molar-refractivity contribution in [3.05, 3.63) is 82.2 Å². The minimum absolute atomic E-state index is 0.0363. The third kappa shape index (κ3) is 5.40. The Bertz CT molecular complexity index is 1280. The number of aromatic hydroxyl groups is 1. The summed E-state index contributed by atoms with van der Waals surface area (Å²) in [6.45, 7) is 11.7. The van der Waals surface area contributed by atoms with E-state index in [4.69, 9.17) is 9.47 Å². The van der Waals surface area contributed by atoms with Gasteiger partial charge in [-0.1, -0.05) is 43.6 Å². The van der Waals surface area contributed by atoms with Gasteiger partial charge in [-0.25, -0.2) is 9.18 Å². The highest BCUT2D eigenvalue weighted by molar-refractivity contribution is 5.97. The molecule has 3 atom stereocenters. The maximum absolute atomic E-state index is 13.8. The lowest BCUT2D eigenvalue weighted by Crippen LogP contribution is -2.44. The third-order valence-corrected chi connectivity index (χ3v) is 7.64. The fourth-order valence-corrected chi connectivity index (χ4v) is 5.74. The summed E-state index contributed by atoms with van der Waals surface area (Å²) in [7, 11) is 0. The van der Waals surface area contributed by atoms with Crippen LogP contribution in [0.15, 0.2) is 54.1 Å². The Kier molecular flexibility index (Phi) is 8.10. The van der Waals surface area contributed by atoms with Gasteiger partial charge in [-0.05, 0) is 88.3 Å². The number of fused-ring (bicyclic) bond motifs is 1. The number of carbonyl (C=O) groups is 2. The number of ketones is 1. The maximum Gasteiger partial charge on any atom is 0.345 e. The van der Waals surface area contributed by atoms with Crippen molar-refractivity contribution >= 4 is 11.8 Å². The Hall–Kier alpha value is -3.41.